The molecule has 1 aromatic rings. The first kappa shape index (κ1) is 14.0. The summed E-state index contributed by atoms with van der Waals surface area (Å²) < 4.78 is 32.6. The van der Waals surface area contributed by atoms with Crippen molar-refractivity contribution in [3.8, 4) is 0 Å². The van der Waals surface area contributed by atoms with E-state index in [1.165, 1.54) is 11.3 Å². The lowest BCUT2D eigenvalue weighted by Crippen LogP contribution is -2.39. The van der Waals surface area contributed by atoms with Crippen LogP contribution in [0.3, 0.4) is 0 Å². The molecule has 0 aliphatic carbocycles. The van der Waals surface area contributed by atoms with Gasteiger partial charge in [0.15, 0.2) is 0 Å². The molecule has 5 nitrogen and oxygen atoms in total. The average Bonchev–Trinajstić information content (AvgIpc) is 2.96. The highest BCUT2D eigenvalue weighted by Gasteiger charge is 2.31. The molecular weight excluding hydrogens is 272 g/mol. The molecular formula is C11H18N2O3S2. The van der Waals surface area contributed by atoms with E-state index in [1.807, 2.05) is 6.92 Å². The van der Waals surface area contributed by atoms with Crippen molar-refractivity contribution < 1.29 is 13.2 Å². The normalized spacial score (nSPS) is 24.6. The number of sulfonamides is 1. The number of nitrogens with two attached hydrogens (primary N) is 1. The third-order valence-corrected chi connectivity index (χ3v) is 6.04. The van der Waals surface area contributed by atoms with Crippen molar-refractivity contribution in [3.05, 3.63) is 17.0 Å². The Bertz CT molecular complexity index is 504. The van der Waals surface area contributed by atoms with Crippen LogP contribution in [0.5, 0.6) is 0 Å². The highest BCUT2D eigenvalue weighted by molar-refractivity contribution is 7.91. The van der Waals surface area contributed by atoms with Gasteiger partial charge in [-0.05, 0) is 31.9 Å². The smallest absolute Gasteiger partial charge is 0.250 e. The van der Waals surface area contributed by atoms with Crippen LogP contribution >= 0.6 is 11.3 Å². The monoisotopic (exact) mass is 290 g/mol. The molecule has 0 amide bonds. The van der Waals surface area contributed by atoms with Crippen molar-refractivity contribution in [1.29, 1.82) is 0 Å². The topological polar surface area (TPSA) is 81.4 Å². The summed E-state index contributed by atoms with van der Waals surface area (Å²) in [6.07, 6.45) is 1.86. The van der Waals surface area contributed by atoms with Crippen LogP contribution in [0.2, 0.25) is 0 Å². The molecule has 1 atom stereocenters. The Hall–Kier alpha value is -0.470. The van der Waals surface area contributed by atoms with Gasteiger partial charge < -0.3 is 10.5 Å². The predicted octanol–water partition coefficient (Wildman–Crippen LogP) is 1.05. The van der Waals surface area contributed by atoms with Gasteiger partial charge in [0.05, 0.1) is 5.60 Å². The van der Waals surface area contributed by atoms with Crippen LogP contribution in [0.1, 0.15) is 24.6 Å². The third-order valence-electron chi connectivity index (χ3n) is 3.04. The van der Waals surface area contributed by atoms with Crippen LogP contribution in [0.25, 0.3) is 0 Å². The van der Waals surface area contributed by atoms with Crippen LogP contribution in [-0.2, 0) is 21.3 Å². The van der Waals surface area contributed by atoms with E-state index < -0.39 is 10.0 Å². The molecule has 0 aromatic carbocycles. The van der Waals surface area contributed by atoms with Crippen molar-refractivity contribution in [2.24, 2.45) is 5.73 Å². The molecule has 1 saturated heterocycles. The minimum Gasteiger partial charge on any atom is -0.374 e. The quantitative estimate of drug-likeness (QED) is 0.849. The standard InChI is InChI=1S/C11H18N2O3S2/c1-11(5-2-6-16-11)8-13-18(14,15)10-4-3-9(7-12)17-10/h3-4,13H,2,5-8,12H2,1H3. The maximum absolute atomic E-state index is 12.1. The second-order valence-electron chi connectivity index (χ2n) is 4.65. The van der Waals surface area contributed by atoms with Crippen LogP contribution in [-0.4, -0.2) is 27.2 Å². The van der Waals surface area contributed by atoms with E-state index in [4.69, 9.17) is 10.5 Å². The van der Waals surface area contributed by atoms with Crippen molar-refractivity contribution in [2.45, 2.75) is 36.1 Å². The van der Waals surface area contributed by atoms with E-state index in [1.54, 1.807) is 12.1 Å². The molecule has 2 heterocycles. The molecule has 1 aliphatic rings. The van der Waals surface area contributed by atoms with Gasteiger partial charge in [0.2, 0.25) is 10.0 Å². The molecule has 7 heteroatoms. The van der Waals surface area contributed by atoms with Gasteiger partial charge in [-0.15, -0.1) is 11.3 Å². The number of hydrogen-bond acceptors (Lipinski definition) is 5. The lowest BCUT2D eigenvalue weighted by atomic mass is 10.0. The van der Waals surface area contributed by atoms with E-state index >= 15 is 0 Å². The van der Waals surface area contributed by atoms with E-state index in [-0.39, 0.29) is 5.60 Å². The van der Waals surface area contributed by atoms with E-state index in [2.05, 4.69) is 4.72 Å². The van der Waals surface area contributed by atoms with E-state index in [0.717, 1.165) is 17.7 Å². The summed E-state index contributed by atoms with van der Waals surface area (Å²) in [4.78, 5) is 0.860. The van der Waals surface area contributed by atoms with Crippen LogP contribution in [0.15, 0.2) is 16.3 Å². The number of ether oxygens (including phenoxy) is 1. The number of rotatable bonds is 5. The Balaban J connectivity index is 2.03. The summed E-state index contributed by atoms with van der Waals surface area (Å²) in [5.74, 6) is 0. The van der Waals surface area contributed by atoms with Crippen molar-refractivity contribution in [1.82, 2.24) is 4.72 Å². The third kappa shape index (κ3) is 3.10. The molecule has 1 aliphatic heterocycles. The Labute approximate surface area is 111 Å². The summed E-state index contributed by atoms with van der Waals surface area (Å²) >= 11 is 1.20. The molecule has 102 valence electrons. The lowest BCUT2D eigenvalue weighted by Gasteiger charge is -2.22. The molecule has 1 unspecified atom stereocenters. The van der Waals surface area contributed by atoms with Gasteiger partial charge in [-0.2, -0.15) is 0 Å². The molecule has 1 aromatic heterocycles. The largest absolute Gasteiger partial charge is 0.374 e. The van der Waals surface area contributed by atoms with Gasteiger partial charge >= 0.3 is 0 Å². The van der Waals surface area contributed by atoms with Gasteiger partial charge in [-0.1, -0.05) is 0 Å². The maximum atomic E-state index is 12.1. The first-order valence-electron chi connectivity index (χ1n) is 5.88. The van der Waals surface area contributed by atoms with Crippen molar-refractivity contribution in [3.63, 3.8) is 0 Å². The van der Waals surface area contributed by atoms with Gasteiger partial charge in [-0.25, -0.2) is 13.1 Å². The van der Waals surface area contributed by atoms with Gasteiger partial charge in [0.25, 0.3) is 0 Å². The van der Waals surface area contributed by atoms with E-state index in [9.17, 15) is 8.42 Å². The summed E-state index contributed by atoms with van der Waals surface area (Å²) in [5.41, 5.74) is 5.10. The predicted molar refractivity (Wildman–Crippen MR) is 71.0 cm³/mol. The van der Waals surface area contributed by atoms with Gasteiger partial charge in [-0.3, -0.25) is 0 Å². The Morgan fingerprint density at radius 3 is 2.89 bits per heavy atom. The minimum atomic E-state index is -3.44. The minimum absolute atomic E-state index is 0.310. The fourth-order valence-corrected chi connectivity index (χ4v) is 4.34. The van der Waals surface area contributed by atoms with Crippen LogP contribution < -0.4 is 10.5 Å². The zero-order valence-electron chi connectivity index (χ0n) is 10.3. The number of nitrogens with one attached hydrogen (secondary N) is 1. The fraction of sp³-hybridized carbons (Fsp3) is 0.636. The molecule has 18 heavy (non-hydrogen) atoms. The van der Waals surface area contributed by atoms with Gasteiger partial charge in [0, 0.05) is 24.6 Å². The average molecular weight is 290 g/mol. The maximum Gasteiger partial charge on any atom is 0.250 e. The summed E-state index contributed by atoms with van der Waals surface area (Å²) in [5, 5.41) is 0. The summed E-state index contributed by atoms with van der Waals surface area (Å²) in [7, 11) is -3.44. The Morgan fingerprint density at radius 2 is 2.33 bits per heavy atom. The number of thiophene rings is 1. The molecule has 1 fully saturated rings. The second kappa shape index (κ2) is 5.26. The van der Waals surface area contributed by atoms with Crippen molar-refractivity contribution in [2.75, 3.05) is 13.2 Å². The Morgan fingerprint density at radius 1 is 1.56 bits per heavy atom. The highest BCUT2D eigenvalue weighted by atomic mass is 32.2. The molecule has 3 N–H and O–H groups in total. The Kier molecular flexibility index (Phi) is 4.08. The summed E-state index contributed by atoms with van der Waals surface area (Å²) in [6.45, 7) is 3.31. The molecule has 2 rings (SSSR count). The first-order valence-corrected chi connectivity index (χ1v) is 8.18. The summed E-state index contributed by atoms with van der Waals surface area (Å²) in [6, 6.07) is 3.33. The van der Waals surface area contributed by atoms with Crippen molar-refractivity contribution >= 4 is 21.4 Å². The molecule has 0 spiro atoms. The second-order valence-corrected chi connectivity index (χ2v) is 7.81. The SMILES string of the molecule is CC1(CNS(=O)(=O)c2ccc(CN)s2)CCCO1. The molecule has 0 saturated carbocycles. The van der Waals surface area contributed by atoms with Crippen LogP contribution in [0, 0.1) is 0 Å². The van der Waals surface area contributed by atoms with Gasteiger partial charge in [0.1, 0.15) is 4.21 Å². The highest BCUT2D eigenvalue weighted by Crippen LogP contribution is 2.26. The fourth-order valence-electron chi connectivity index (χ4n) is 1.91. The zero-order valence-corrected chi connectivity index (χ0v) is 11.9. The zero-order chi connectivity index (χ0) is 13.2. The molecule has 0 radical (unpaired) electrons. The first-order chi connectivity index (χ1) is 8.45. The molecule has 0 bridgehead atoms. The van der Waals surface area contributed by atoms with E-state index in [0.29, 0.717) is 23.9 Å². The lowest BCUT2D eigenvalue weighted by molar-refractivity contribution is 0.0250. The van der Waals surface area contributed by atoms with Crippen LogP contribution in [0.4, 0.5) is 0 Å². The number of hydrogen-bond donors (Lipinski definition) is 2.